The van der Waals surface area contributed by atoms with Crippen LogP contribution in [-0.4, -0.2) is 26.2 Å². The highest BCUT2D eigenvalue weighted by atomic mass is 15.1. The number of nitrogens with one attached hydrogen (secondary N) is 2. The van der Waals surface area contributed by atoms with E-state index in [0.29, 0.717) is 6.04 Å². The van der Waals surface area contributed by atoms with Gasteiger partial charge in [-0.05, 0) is 7.05 Å². The molecule has 1 heterocycles. The van der Waals surface area contributed by atoms with E-state index in [4.69, 9.17) is 1.41 Å². The maximum Gasteiger partial charge on any atom is 0.122 e. The summed E-state index contributed by atoms with van der Waals surface area (Å²) in [7, 11) is 1.93. The van der Waals surface area contributed by atoms with Crippen LogP contribution in [-0.2, 0) is 0 Å². The number of likely N-dealkylation sites (N-methyl/N-ethyl adjacent to an activating group) is 1. The Morgan fingerprint density at radius 1 is 2.00 bits per heavy atom. The van der Waals surface area contributed by atoms with Gasteiger partial charge in [-0.2, -0.15) is 0 Å². The van der Waals surface area contributed by atoms with Gasteiger partial charge in [0, 0.05) is 19.1 Å². The molecule has 0 bridgehead atoms. The molecule has 36 valence electrons. The maximum atomic E-state index is 6.94. The van der Waals surface area contributed by atoms with Crippen molar-refractivity contribution < 1.29 is 1.41 Å². The van der Waals surface area contributed by atoms with Crippen LogP contribution in [0, 0.1) is 0 Å². The molecule has 2 N–H and O–H groups in total. The quantitative estimate of drug-likeness (QED) is 0.436. The molecule has 1 fully saturated rings. The molecule has 0 saturated carbocycles. The van der Waals surface area contributed by atoms with E-state index in [1.807, 2.05) is 7.05 Å². The number of hydrogen-bond acceptors (Lipinski definition) is 2. The highest BCUT2D eigenvalue weighted by Gasteiger charge is 2.11. The lowest BCUT2D eigenvalue weighted by molar-refractivity contribution is 0.390. The van der Waals surface area contributed by atoms with E-state index in [9.17, 15) is 0 Å². The molecule has 0 spiro atoms. The summed E-state index contributed by atoms with van der Waals surface area (Å²) in [5, 5.41) is 4.61. The molecule has 1 aliphatic rings. The molecule has 0 aromatic heterocycles. The summed E-state index contributed by atoms with van der Waals surface area (Å²) in [4.78, 5) is 0. The van der Waals surface area contributed by atoms with Gasteiger partial charge in [0.2, 0.25) is 0 Å². The Bertz CT molecular complexity index is 60.7. The first kappa shape index (κ1) is 2.99. The monoisotopic (exact) mass is 87.1 g/mol. The molecule has 1 saturated heterocycles. The molecule has 0 radical (unpaired) electrons. The predicted octanol–water partition coefficient (Wildman–Crippen LogP) is -0.822. The van der Waals surface area contributed by atoms with Crippen molar-refractivity contribution in [2.24, 2.45) is 0 Å². The summed E-state index contributed by atoms with van der Waals surface area (Å²) in [6.45, 7) is 1.77. The molecule has 0 atom stereocenters. The van der Waals surface area contributed by atoms with Crippen molar-refractivity contribution in [1.82, 2.24) is 10.6 Å². The molecule has 2 nitrogen and oxygen atoms in total. The molecule has 1 rings (SSSR count). The van der Waals surface area contributed by atoms with Crippen molar-refractivity contribution in [3.05, 3.63) is 0 Å². The Labute approximate surface area is 39.4 Å². The SMILES string of the molecule is [2H]N1CC(NC)C1. The zero-order valence-electron chi connectivity index (χ0n) is 4.94. The lowest BCUT2D eigenvalue weighted by Gasteiger charge is -2.25. The average molecular weight is 87.1 g/mol. The summed E-state index contributed by atoms with van der Waals surface area (Å²) >= 11 is 0. The Balaban J connectivity index is 2.06. The molecule has 0 unspecified atom stereocenters. The van der Waals surface area contributed by atoms with Crippen LogP contribution < -0.4 is 10.6 Å². The van der Waals surface area contributed by atoms with Crippen molar-refractivity contribution in [2.75, 3.05) is 20.1 Å². The Morgan fingerprint density at radius 3 is 2.83 bits per heavy atom. The van der Waals surface area contributed by atoms with Crippen molar-refractivity contribution in [1.29, 1.82) is 0 Å². The highest BCUT2D eigenvalue weighted by Crippen LogP contribution is 1.85. The molecule has 6 heavy (non-hydrogen) atoms. The topological polar surface area (TPSA) is 24.1 Å². The van der Waals surface area contributed by atoms with Gasteiger partial charge in [-0.25, -0.2) is 0 Å². The van der Waals surface area contributed by atoms with Gasteiger partial charge in [0.05, 0.1) is 0 Å². The standard InChI is InChI=1S/C4H10N2/c1-5-4-2-6-3-4/h4-6H,2-3H2,1H3/i/hD. The van der Waals surface area contributed by atoms with Gasteiger partial charge in [-0.15, -0.1) is 0 Å². The van der Waals surface area contributed by atoms with E-state index in [2.05, 4.69) is 5.32 Å². The van der Waals surface area contributed by atoms with E-state index < -0.39 is 0 Å². The minimum Gasteiger partial charge on any atom is -0.315 e. The van der Waals surface area contributed by atoms with Gasteiger partial charge in [0.25, 0.3) is 0 Å². The maximum absolute atomic E-state index is 6.94. The van der Waals surface area contributed by atoms with Crippen LogP contribution in [0.5, 0.6) is 0 Å². The van der Waals surface area contributed by atoms with Crippen LogP contribution in [0.3, 0.4) is 0 Å². The molecule has 1 aliphatic heterocycles. The lowest BCUT2D eigenvalue weighted by atomic mass is 10.2. The first-order valence-electron chi connectivity index (χ1n) is 2.68. The first-order chi connectivity index (χ1) is 3.33. The van der Waals surface area contributed by atoms with Crippen LogP contribution in [0.4, 0.5) is 0 Å². The minimum atomic E-state index is 0.581. The summed E-state index contributed by atoms with van der Waals surface area (Å²) in [5.41, 5.74) is 0. The first-order valence-corrected chi connectivity index (χ1v) is 2.24. The van der Waals surface area contributed by atoms with E-state index >= 15 is 0 Å². The fourth-order valence-corrected chi connectivity index (χ4v) is 0.441. The third kappa shape index (κ3) is 0.533. The fraction of sp³-hybridized carbons (Fsp3) is 1.00. The number of hydrogen-bond donors (Lipinski definition) is 2. The van der Waals surface area contributed by atoms with Crippen LogP contribution in [0.2, 0.25) is 1.41 Å². The predicted molar refractivity (Wildman–Crippen MR) is 25.7 cm³/mol. The largest absolute Gasteiger partial charge is 0.315 e. The van der Waals surface area contributed by atoms with Crippen LogP contribution in [0.15, 0.2) is 0 Å². The van der Waals surface area contributed by atoms with Crippen molar-refractivity contribution in [3.63, 3.8) is 0 Å². The van der Waals surface area contributed by atoms with E-state index in [1.54, 1.807) is 5.31 Å². The molecule has 0 aromatic rings. The second kappa shape index (κ2) is 1.58. The Kier molecular flexibility index (Phi) is 0.787. The molecule has 0 amide bonds. The summed E-state index contributed by atoms with van der Waals surface area (Å²) < 4.78 is 6.94. The number of rotatable bonds is 1. The molecular weight excluding hydrogens is 76.1 g/mol. The van der Waals surface area contributed by atoms with Gasteiger partial charge in [0.1, 0.15) is 1.41 Å². The molecule has 0 aliphatic carbocycles. The van der Waals surface area contributed by atoms with Crippen molar-refractivity contribution in [3.8, 4) is 0 Å². The zero-order chi connectivity index (χ0) is 5.28. The van der Waals surface area contributed by atoms with E-state index in [-0.39, 0.29) is 0 Å². The van der Waals surface area contributed by atoms with E-state index in [1.165, 1.54) is 0 Å². The Morgan fingerprint density at radius 2 is 2.67 bits per heavy atom. The van der Waals surface area contributed by atoms with Gasteiger partial charge >= 0.3 is 0 Å². The molecule has 2 heteroatoms. The second-order valence-electron chi connectivity index (χ2n) is 1.57. The smallest absolute Gasteiger partial charge is 0.122 e. The van der Waals surface area contributed by atoms with Gasteiger partial charge < -0.3 is 10.6 Å². The second-order valence-corrected chi connectivity index (χ2v) is 1.57. The zero-order valence-corrected chi connectivity index (χ0v) is 3.94. The minimum absolute atomic E-state index is 0.581. The summed E-state index contributed by atoms with van der Waals surface area (Å²) in [6.07, 6.45) is 0. The van der Waals surface area contributed by atoms with Crippen LogP contribution >= 0.6 is 0 Å². The van der Waals surface area contributed by atoms with Crippen molar-refractivity contribution >= 4 is 0 Å². The van der Waals surface area contributed by atoms with Crippen LogP contribution in [0.1, 0.15) is 0 Å². The molecular formula is C4H10N2. The normalized spacial score (nSPS) is 29.2. The van der Waals surface area contributed by atoms with Crippen LogP contribution in [0.25, 0.3) is 0 Å². The summed E-state index contributed by atoms with van der Waals surface area (Å²) in [6, 6.07) is 0.581. The Hall–Kier alpha value is -0.0800. The molecule has 0 aromatic carbocycles. The highest BCUT2D eigenvalue weighted by molar-refractivity contribution is 4.79. The van der Waals surface area contributed by atoms with Gasteiger partial charge in [-0.3, -0.25) is 0 Å². The fourth-order valence-electron chi connectivity index (χ4n) is 0.441. The average Bonchev–Trinajstić information content (AvgIpc) is 1.58. The lowest BCUT2D eigenvalue weighted by Crippen LogP contribution is -2.54. The third-order valence-electron chi connectivity index (χ3n) is 1.11. The van der Waals surface area contributed by atoms with Crippen molar-refractivity contribution in [2.45, 2.75) is 6.04 Å². The van der Waals surface area contributed by atoms with Gasteiger partial charge in [-0.1, -0.05) is 0 Å². The van der Waals surface area contributed by atoms with E-state index in [0.717, 1.165) is 13.1 Å². The third-order valence-corrected chi connectivity index (χ3v) is 1.11. The van der Waals surface area contributed by atoms with Gasteiger partial charge in [0.15, 0.2) is 0 Å². The summed E-state index contributed by atoms with van der Waals surface area (Å²) in [5.74, 6) is 0.